The molecule has 0 aliphatic carbocycles. The lowest BCUT2D eigenvalue weighted by molar-refractivity contribution is -0.384. The molecule has 0 bridgehead atoms. The summed E-state index contributed by atoms with van der Waals surface area (Å²) in [7, 11) is 0. The standard InChI is InChI=1S/C11H7NO4/c13-8-5-6-16-11(7-8)9-3-1-2-4-10(9)12(14)15/h1-7H. The highest BCUT2D eigenvalue weighted by Crippen LogP contribution is 2.28. The zero-order valence-corrected chi connectivity index (χ0v) is 8.12. The van der Waals surface area contributed by atoms with E-state index in [0.717, 1.165) is 0 Å². The minimum atomic E-state index is -0.512. The topological polar surface area (TPSA) is 73.3 Å². The summed E-state index contributed by atoms with van der Waals surface area (Å²) in [5.41, 5.74) is -0.0403. The number of nitro groups is 1. The number of hydrogen-bond donors (Lipinski definition) is 0. The van der Waals surface area contributed by atoms with E-state index in [1.54, 1.807) is 12.1 Å². The minimum Gasteiger partial charge on any atom is -0.464 e. The van der Waals surface area contributed by atoms with Gasteiger partial charge in [-0.3, -0.25) is 14.9 Å². The fourth-order valence-electron chi connectivity index (χ4n) is 1.37. The lowest BCUT2D eigenvalue weighted by Crippen LogP contribution is -1.97. The summed E-state index contributed by atoms with van der Waals surface area (Å²) in [5.74, 6) is 0.194. The summed E-state index contributed by atoms with van der Waals surface area (Å²) in [5, 5.41) is 10.8. The molecule has 0 aliphatic rings. The molecule has 0 spiro atoms. The smallest absolute Gasteiger partial charge is 0.280 e. The molecule has 0 radical (unpaired) electrons. The largest absolute Gasteiger partial charge is 0.464 e. The van der Waals surface area contributed by atoms with E-state index in [9.17, 15) is 14.9 Å². The Morgan fingerprint density at radius 3 is 2.62 bits per heavy atom. The number of benzene rings is 1. The maximum Gasteiger partial charge on any atom is 0.280 e. The summed E-state index contributed by atoms with van der Waals surface area (Å²) < 4.78 is 5.08. The Hall–Kier alpha value is -2.43. The molecule has 16 heavy (non-hydrogen) atoms. The summed E-state index contributed by atoms with van der Waals surface area (Å²) in [6, 6.07) is 8.58. The van der Waals surface area contributed by atoms with Crippen LogP contribution >= 0.6 is 0 Å². The van der Waals surface area contributed by atoms with Crippen LogP contribution in [0.2, 0.25) is 0 Å². The average molecular weight is 217 g/mol. The second-order valence-corrected chi connectivity index (χ2v) is 3.11. The second kappa shape index (κ2) is 3.98. The quantitative estimate of drug-likeness (QED) is 0.571. The number of para-hydroxylation sites is 1. The molecule has 1 aromatic heterocycles. The first-order valence-corrected chi connectivity index (χ1v) is 4.51. The van der Waals surface area contributed by atoms with E-state index in [1.165, 1.54) is 30.5 Å². The third-order valence-corrected chi connectivity index (χ3v) is 2.07. The van der Waals surface area contributed by atoms with Gasteiger partial charge in [-0.2, -0.15) is 0 Å². The molecule has 0 unspecified atom stereocenters. The van der Waals surface area contributed by atoms with Gasteiger partial charge in [0.2, 0.25) is 0 Å². The molecule has 0 fully saturated rings. The molecular formula is C11H7NO4. The van der Waals surface area contributed by atoms with E-state index < -0.39 is 4.92 Å². The van der Waals surface area contributed by atoms with Gasteiger partial charge in [-0.1, -0.05) is 12.1 Å². The summed E-state index contributed by atoms with van der Waals surface area (Å²) in [6.07, 6.45) is 1.22. The van der Waals surface area contributed by atoms with Gasteiger partial charge in [0, 0.05) is 18.2 Å². The van der Waals surface area contributed by atoms with Gasteiger partial charge in [0.25, 0.3) is 5.69 Å². The molecule has 0 saturated heterocycles. The molecule has 5 heteroatoms. The van der Waals surface area contributed by atoms with E-state index >= 15 is 0 Å². The lowest BCUT2D eigenvalue weighted by Gasteiger charge is -2.00. The molecule has 0 saturated carbocycles. The molecule has 1 heterocycles. The first kappa shape index (κ1) is 10.1. The molecule has 0 atom stereocenters. The molecule has 0 N–H and O–H groups in total. The Morgan fingerprint density at radius 1 is 1.19 bits per heavy atom. The van der Waals surface area contributed by atoms with E-state index in [1.807, 2.05) is 0 Å². The number of hydrogen-bond acceptors (Lipinski definition) is 4. The first-order chi connectivity index (χ1) is 7.68. The second-order valence-electron chi connectivity index (χ2n) is 3.11. The normalized spacial score (nSPS) is 10.0. The van der Waals surface area contributed by atoms with Crippen molar-refractivity contribution in [3.8, 4) is 11.3 Å². The summed E-state index contributed by atoms with van der Waals surface area (Å²) in [6.45, 7) is 0. The van der Waals surface area contributed by atoms with Gasteiger partial charge in [0.15, 0.2) is 5.43 Å². The van der Waals surface area contributed by atoms with Crippen LogP contribution in [0.5, 0.6) is 0 Å². The van der Waals surface area contributed by atoms with Gasteiger partial charge in [-0.25, -0.2) is 0 Å². The van der Waals surface area contributed by atoms with Crippen LogP contribution < -0.4 is 5.43 Å². The van der Waals surface area contributed by atoms with Crippen molar-refractivity contribution in [1.29, 1.82) is 0 Å². The predicted octanol–water partition coefficient (Wildman–Crippen LogP) is 2.21. The SMILES string of the molecule is O=c1ccoc(-c2ccccc2[N+](=O)[O-])c1. The fourth-order valence-corrected chi connectivity index (χ4v) is 1.37. The molecule has 0 amide bonds. The molecule has 5 nitrogen and oxygen atoms in total. The van der Waals surface area contributed by atoms with Gasteiger partial charge in [0.05, 0.1) is 16.7 Å². The number of rotatable bonds is 2. The maximum absolute atomic E-state index is 11.1. The molecule has 1 aromatic carbocycles. The fraction of sp³-hybridized carbons (Fsp3) is 0. The van der Waals surface area contributed by atoms with Crippen LogP contribution in [0, 0.1) is 10.1 Å². The third kappa shape index (κ3) is 1.83. The Bertz CT molecular complexity index is 588. The van der Waals surface area contributed by atoms with E-state index in [-0.39, 0.29) is 16.9 Å². The van der Waals surface area contributed by atoms with Gasteiger partial charge < -0.3 is 4.42 Å². The van der Waals surface area contributed by atoms with Gasteiger partial charge in [-0.05, 0) is 6.07 Å². The van der Waals surface area contributed by atoms with Crippen molar-refractivity contribution in [3.05, 3.63) is 63.0 Å². The highest BCUT2D eigenvalue weighted by atomic mass is 16.6. The summed E-state index contributed by atoms with van der Waals surface area (Å²) >= 11 is 0. The monoisotopic (exact) mass is 217 g/mol. The molecule has 2 rings (SSSR count). The summed E-state index contributed by atoms with van der Waals surface area (Å²) in [4.78, 5) is 21.4. The van der Waals surface area contributed by atoms with Gasteiger partial charge >= 0.3 is 0 Å². The third-order valence-electron chi connectivity index (χ3n) is 2.07. The van der Waals surface area contributed by atoms with Gasteiger partial charge in [0.1, 0.15) is 5.76 Å². The van der Waals surface area contributed by atoms with Crippen molar-refractivity contribution in [1.82, 2.24) is 0 Å². The van der Waals surface area contributed by atoms with Gasteiger partial charge in [-0.15, -0.1) is 0 Å². The van der Waals surface area contributed by atoms with E-state index in [4.69, 9.17) is 4.42 Å². The van der Waals surface area contributed by atoms with Crippen molar-refractivity contribution in [3.63, 3.8) is 0 Å². The molecule has 80 valence electrons. The number of nitrogens with zero attached hydrogens (tertiary/aromatic N) is 1. The average Bonchev–Trinajstić information content (AvgIpc) is 2.29. The Balaban J connectivity index is 2.64. The zero-order valence-electron chi connectivity index (χ0n) is 8.12. The van der Waals surface area contributed by atoms with E-state index in [0.29, 0.717) is 5.56 Å². The highest BCUT2D eigenvalue weighted by Gasteiger charge is 2.15. The van der Waals surface area contributed by atoms with Crippen molar-refractivity contribution in [2.45, 2.75) is 0 Å². The van der Waals surface area contributed by atoms with Crippen LogP contribution in [-0.2, 0) is 0 Å². The van der Waals surface area contributed by atoms with Crippen LogP contribution in [0.3, 0.4) is 0 Å². The van der Waals surface area contributed by atoms with Crippen LogP contribution in [0.25, 0.3) is 11.3 Å². The van der Waals surface area contributed by atoms with Crippen LogP contribution in [0.15, 0.2) is 51.9 Å². The van der Waals surface area contributed by atoms with Crippen molar-refractivity contribution in [2.75, 3.05) is 0 Å². The van der Waals surface area contributed by atoms with Crippen LogP contribution in [-0.4, -0.2) is 4.92 Å². The molecule has 2 aromatic rings. The Labute approximate surface area is 90.1 Å². The Kier molecular flexibility index (Phi) is 2.51. The zero-order chi connectivity index (χ0) is 11.5. The van der Waals surface area contributed by atoms with Crippen LogP contribution in [0.4, 0.5) is 5.69 Å². The van der Waals surface area contributed by atoms with Crippen molar-refractivity contribution >= 4 is 5.69 Å². The lowest BCUT2D eigenvalue weighted by atomic mass is 10.1. The Morgan fingerprint density at radius 2 is 1.94 bits per heavy atom. The van der Waals surface area contributed by atoms with E-state index in [2.05, 4.69) is 0 Å². The highest BCUT2D eigenvalue weighted by molar-refractivity contribution is 5.68. The van der Waals surface area contributed by atoms with Crippen molar-refractivity contribution in [2.24, 2.45) is 0 Å². The van der Waals surface area contributed by atoms with Crippen LogP contribution in [0.1, 0.15) is 0 Å². The predicted molar refractivity (Wildman–Crippen MR) is 57.1 cm³/mol. The first-order valence-electron chi connectivity index (χ1n) is 4.51. The number of nitro benzene ring substituents is 1. The van der Waals surface area contributed by atoms with Crippen molar-refractivity contribution < 1.29 is 9.34 Å². The molecule has 0 aliphatic heterocycles. The molecular weight excluding hydrogens is 210 g/mol. The maximum atomic E-state index is 11.1. The minimum absolute atomic E-state index is 0.0862.